The van der Waals surface area contributed by atoms with E-state index in [4.69, 9.17) is 23.7 Å². The summed E-state index contributed by atoms with van der Waals surface area (Å²) in [5, 5.41) is 3.97. The molecule has 0 unspecified atom stereocenters. The average molecular weight is 508 g/mol. The molecule has 37 heavy (non-hydrogen) atoms. The molecule has 10 heteroatoms. The van der Waals surface area contributed by atoms with E-state index in [9.17, 15) is 9.18 Å². The summed E-state index contributed by atoms with van der Waals surface area (Å²) in [5.41, 5.74) is 1.69. The van der Waals surface area contributed by atoms with Crippen LogP contribution >= 0.6 is 0 Å². The van der Waals surface area contributed by atoms with E-state index in [2.05, 4.69) is 15.3 Å². The molecule has 0 fully saturated rings. The number of ether oxygens (including phenoxy) is 5. The lowest BCUT2D eigenvalue weighted by molar-refractivity contribution is 0.0734. The van der Waals surface area contributed by atoms with Crippen molar-refractivity contribution in [1.82, 2.24) is 9.97 Å². The Morgan fingerprint density at radius 1 is 0.838 bits per heavy atom. The molecule has 4 aromatic rings. The van der Waals surface area contributed by atoms with Gasteiger partial charge in [-0.1, -0.05) is 0 Å². The fourth-order valence-electron chi connectivity index (χ4n) is 3.35. The fraction of sp³-hybridized carbons (Fsp3) is 0.222. The highest BCUT2D eigenvalue weighted by Gasteiger charge is 2.14. The van der Waals surface area contributed by atoms with Crippen molar-refractivity contribution in [2.75, 3.05) is 46.0 Å². The van der Waals surface area contributed by atoms with Gasteiger partial charge in [-0.2, -0.15) is 0 Å². The van der Waals surface area contributed by atoms with Gasteiger partial charge in [-0.25, -0.2) is 19.2 Å². The molecule has 1 heterocycles. The number of benzene rings is 3. The molecule has 4 rings (SSSR count). The maximum atomic E-state index is 13.1. The Balaban J connectivity index is 1.53. The Labute approximate surface area is 213 Å². The number of anilines is 2. The first kappa shape index (κ1) is 25.8. The summed E-state index contributed by atoms with van der Waals surface area (Å²) in [6.07, 6.45) is 1.45. The Kier molecular flexibility index (Phi) is 8.79. The van der Waals surface area contributed by atoms with E-state index in [1.165, 1.54) is 30.6 Å². The number of hydrogen-bond donors (Lipinski definition) is 1. The van der Waals surface area contributed by atoms with Crippen LogP contribution in [0.1, 0.15) is 10.4 Å². The molecule has 192 valence electrons. The van der Waals surface area contributed by atoms with Crippen molar-refractivity contribution in [2.45, 2.75) is 0 Å². The second-order valence-corrected chi connectivity index (χ2v) is 7.77. The van der Waals surface area contributed by atoms with Crippen molar-refractivity contribution in [2.24, 2.45) is 0 Å². The van der Waals surface area contributed by atoms with Crippen LogP contribution in [0, 0.1) is 5.82 Å². The Hall–Kier alpha value is -4.28. The standard InChI is InChI=1S/C27H26FN3O6/c1-33-11-13-35-24-15-22-23(16-25(24)36-14-12-34-2)29-17-30-26(22)31-20-7-3-18(4-8-20)27(32)37-21-9-5-19(28)6-10-21/h3-10,15-17H,11-14H2,1-2H3,(H,29,30,31). The van der Waals surface area contributed by atoms with Crippen molar-refractivity contribution < 1.29 is 32.9 Å². The second kappa shape index (κ2) is 12.6. The topological polar surface area (TPSA) is 101 Å². The summed E-state index contributed by atoms with van der Waals surface area (Å²) in [5.74, 6) is 0.911. The van der Waals surface area contributed by atoms with Crippen molar-refractivity contribution in [1.29, 1.82) is 0 Å². The molecule has 0 spiro atoms. The van der Waals surface area contributed by atoms with Gasteiger partial charge in [-0.3, -0.25) is 0 Å². The van der Waals surface area contributed by atoms with Crippen LogP contribution in [-0.4, -0.2) is 56.6 Å². The van der Waals surface area contributed by atoms with Gasteiger partial charge in [0.25, 0.3) is 0 Å². The van der Waals surface area contributed by atoms with Gasteiger partial charge in [-0.05, 0) is 54.6 Å². The lowest BCUT2D eigenvalue weighted by atomic mass is 10.2. The molecule has 1 N–H and O–H groups in total. The number of fused-ring (bicyclic) bond motifs is 1. The van der Waals surface area contributed by atoms with Crippen molar-refractivity contribution in [3.05, 3.63) is 78.4 Å². The van der Waals surface area contributed by atoms with E-state index in [-0.39, 0.29) is 5.75 Å². The lowest BCUT2D eigenvalue weighted by Gasteiger charge is -2.15. The molecule has 1 aromatic heterocycles. The van der Waals surface area contributed by atoms with E-state index < -0.39 is 11.8 Å². The van der Waals surface area contributed by atoms with Gasteiger partial charge in [0.1, 0.15) is 36.9 Å². The second-order valence-electron chi connectivity index (χ2n) is 7.77. The third-order valence-electron chi connectivity index (χ3n) is 5.20. The van der Waals surface area contributed by atoms with E-state index >= 15 is 0 Å². The van der Waals surface area contributed by atoms with Gasteiger partial charge in [0.05, 0.1) is 24.3 Å². The maximum Gasteiger partial charge on any atom is 0.343 e. The SMILES string of the molecule is COCCOc1cc2ncnc(Nc3ccc(C(=O)Oc4ccc(F)cc4)cc3)c2cc1OCCOC. The molecule has 0 aliphatic heterocycles. The molecule has 0 aliphatic rings. The van der Waals surface area contributed by atoms with Crippen LogP contribution in [0.4, 0.5) is 15.9 Å². The number of halogens is 1. The van der Waals surface area contributed by atoms with E-state index in [0.29, 0.717) is 65.9 Å². The molecule has 0 radical (unpaired) electrons. The summed E-state index contributed by atoms with van der Waals surface area (Å²) < 4.78 is 40.2. The molecular formula is C27H26FN3O6. The molecule has 9 nitrogen and oxygen atoms in total. The van der Waals surface area contributed by atoms with Gasteiger partial charge in [0.2, 0.25) is 0 Å². The van der Waals surface area contributed by atoms with E-state index in [0.717, 1.165) is 0 Å². The third kappa shape index (κ3) is 6.90. The number of carbonyl (C=O) groups is 1. The fourth-order valence-corrected chi connectivity index (χ4v) is 3.35. The van der Waals surface area contributed by atoms with Crippen LogP contribution in [0.25, 0.3) is 10.9 Å². The monoisotopic (exact) mass is 507 g/mol. The minimum absolute atomic E-state index is 0.259. The Morgan fingerprint density at radius 2 is 1.49 bits per heavy atom. The van der Waals surface area contributed by atoms with Gasteiger partial charge < -0.3 is 29.0 Å². The largest absolute Gasteiger partial charge is 0.487 e. The maximum absolute atomic E-state index is 13.1. The molecule has 0 saturated carbocycles. The van der Waals surface area contributed by atoms with Crippen LogP contribution in [0.2, 0.25) is 0 Å². The Morgan fingerprint density at radius 3 is 2.14 bits per heavy atom. The zero-order chi connectivity index (χ0) is 26.0. The first-order valence-electron chi connectivity index (χ1n) is 11.4. The number of nitrogens with one attached hydrogen (secondary N) is 1. The van der Waals surface area contributed by atoms with Crippen LogP contribution in [-0.2, 0) is 9.47 Å². The predicted molar refractivity (Wildman–Crippen MR) is 135 cm³/mol. The minimum atomic E-state index is -0.551. The number of aromatic nitrogens is 2. The average Bonchev–Trinajstić information content (AvgIpc) is 2.91. The highest BCUT2D eigenvalue weighted by molar-refractivity contribution is 5.94. The minimum Gasteiger partial charge on any atom is -0.487 e. The summed E-state index contributed by atoms with van der Waals surface area (Å²) in [4.78, 5) is 21.2. The number of hydrogen-bond acceptors (Lipinski definition) is 9. The molecule has 0 saturated heterocycles. The van der Waals surface area contributed by atoms with E-state index in [1.54, 1.807) is 44.6 Å². The number of carbonyl (C=O) groups excluding carboxylic acids is 1. The normalized spacial score (nSPS) is 10.8. The number of esters is 1. The predicted octanol–water partition coefficient (Wildman–Crippen LogP) is 4.78. The summed E-state index contributed by atoms with van der Waals surface area (Å²) in [7, 11) is 3.20. The molecule has 0 aliphatic carbocycles. The van der Waals surface area contributed by atoms with Gasteiger partial charge in [0.15, 0.2) is 11.5 Å². The third-order valence-corrected chi connectivity index (χ3v) is 5.20. The quantitative estimate of drug-likeness (QED) is 0.165. The van der Waals surface area contributed by atoms with Crippen molar-refractivity contribution in [3.8, 4) is 17.2 Å². The highest BCUT2D eigenvalue weighted by Crippen LogP contribution is 2.35. The molecule has 0 bridgehead atoms. The van der Waals surface area contributed by atoms with Crippen LogP contribution in [0.3, 0.4) is 0 Å². The zero-order valence-corrected chi connectivity index (χ0v) is 20.4. The van der Waals surface area contributed by atoms with Crippen LogP contribution < -0.4 is 19.5 Å². The molecule has 3 aromatic carbocycles. The number of methoxy groups -OCH3 is 2. The first-order chi connectivity index (χ1) is 18.1. The summed E-state index contributed by atoms with van der Waals surface area (Å²) in [6.45, 7) is 1.55. The summed E-state index contributed by atoms with van der Waals surface area (Å²) in [6, 6.07) is 15.5. The van der Waals surface area contributed by atoms with Gasteiger partial charge in [-0.15, -0.1) is 0 Å². The van der Waals surface area contributed by atoms with Crippen molar-refractivity contribution >= 4 is 28.4 Å². The van der Waals surface area contributed by atoms with E-state index in [1.807, 2.05) is 6.07 Å². The Bertz CT molecular complexity index is 1330. The highest BCUT2D eigenvalue weighted by atomic mass is 19.1. The first-order valence-corrected chi connectivity index (χ1v) is 11.4. The molecular weight excluding hydrogens is 481 g/mol. The lowest BCUT2D eigenvalue weighted by Crippen LogP contribution is -2.09. The number of nitrogens with zero attached hydrogens (tertiary/aromatic N) is 2. The smallest absolute Gasteiger partial charge is 0.343 e. The molecule has 0 amide bonds. The summed E-state index contributed by atoms with van der Waals surface area (Å²) >= 11 is 0. The van der Waals surface area contributed by atoms with Crippen LogP contribution in [0.15, 0.2) is 67.0 Å². The van der Waals surface area contributed by atoms with Crippen LogP contribution in [0.5, 0.6) is 17.2 Å². The number of rotatable bonds is 12. The van der Waals surface area contributed by atoms with Gasteiger partial charge in [0, 0.05) is 31.4 Å². The van der Waals surface area contributed by atoms with Gasteiger partial charge >= 0.3 is 5.97 Å². The zero-order valence-electron chi connectivity index (χ0n) is 20.4. The van der Waals surface area contributed by atoms with Crippen molar-refractivity contribution in [3.63, 3.8) is 0 Å². The molecule has 0 atom stereocenters.